The monoisotopic (exact) mass is 287 g/mol. The summed E-state index contributed by atoms with van der Waals surface area (Å²) in [6, 6.07) is 0. The third-order valence-electron chi connectivity index (χ3n) is 3.50. The van der Waals surface area contributed by atoms with Crippen LogP contribution < -0.4 is 0 Å². The van der Waals surface area contributed by atoms with E-state index >= 15 is 0 Å². The summed E-state index contributed by atoms with van der Waals surface area (Å²) in [5, 5.41) is 0. The van der Waals surface area contributed by atoms with E-state index in [2.05, 4.69) is 0 Å². The van der Waals surface area contributed by atoms with Crippen LogP contribution in [0.15, 0.2) is 0 Å². The lowest BCUT2D eigenvalue weighted by atomic mass is 9.90. The summed E-state index contributed by atoms with van der Waals surface area (Å²) in [6.07, 6.45) is 0.0331. The van der Waals surface area contributed by atoms with E-state index < -0.39 is 17.8 Å². The number of ether oxygens (including phenoxy) is 4. The molecule has 2 rings (SSSR count). The second-order valence-electron chi connectivity index (χ2n) is 4.72. The Morgan fingerprint density at radius 1 is 1.20 bits per heavy atom. The zero-order valence-electron chi connectivity index (χ0n) is 11.9. The predicted octanol–water partition coefficient (Wildman–Crippen LogP) is 0.771. The first-order valence-electron chi connectivity index (χ1n) is 6.99. The summed E-state index contributed by atoms with van der Waals surface area (Å²) in [5.41, 5.74) is 0. The highest BCUT2D eigenvalue weighted by molar-refractivity contribution is 5.75. The fourth-order valence-corrected chi connectivity index (χ4v) is 2.63. The van der Waals surface area contributed by atoms with Crippen LogP contribution in [0.5, 0.6) is 0 Å². The number of piperidine rings is 1. The molecule has 20 heavy (non-hydrogen) atoms. The van der Waals surface area contributed by atoms with Gasteiger partial charge in [-0.3, -0.25) is 4.79 Å². The first-order valence-corrected chi connectivity index (χ1v) is 6.99. The van der Waals surface area contributed by atoms with Gasteiger partial charge in [0.05, 0.1) is 33.0 Å². The number of hydrogen-bond donors (Lipinski definition) is 0. The highest BCUT2D eigenvalue weighted by atomic mass is 16.7. The molecule has 1 unspecified atom stereocenters. The predicted molar refractivity (Wildman–Crippen MR) is 68.0 cm³/mol. The largest absolute Gasteiger partial charge is 0.466 e. The van der Waals surface area contributed by atoms with Crippen molar-refractivity contribution in [2.45, 2.75) is 26.1 Å². The maximum Gasteiger partial charge on any atom is 0.409 e. The number of carbonyl (C=O) groups is 2. The van der Waals surface area contributed by atoms with Gasteiger partial charge in [0.25, 0.3) is 0 Å². The molecule has 7 heteroatoms. The highest BCUT2D eigenvalue weighted by Gasteiger charge is 2.53. The second kappa shape index (κ2) is 6.41. The average molecular weight is 287 g/mol. The van der Waals surface area contributed by atoms with E-state index in [-0.39, 0.29) is 12.5 Å². The molecule has 1 atom stereocenters. The van der Waals surface area contributed by atoms with Gasteiger partial charge in [-0.1, -0.05) is 0 Å². The molecule has 114 valence electrons. The molecule has 0 aromatic heterocycles. The third kappa shape index (κ3) is 2.88. The van der Waals surface area contributed by atoms with E-state index in [1.807, 2.05) is 0 Å². The van der Waals surface area contributed by atoms with Crippen LogP contribution in [0.2, 0.25) is 0 Å². The number of esters is 1. The van der Waals surface area contributed by atoms with Gasteiger partial charge in [0, 0.05) is 6.54 Å². The summed E-state index contributed by atoms with van der Waals surface area (Å²) in [5.74, 6) is -1.93. The topological polar surface area (TPSA) is 74.3 Å². The van der Waals surface area contributed by atoms with Crippen molar-refractivity contribution < 1.29 is 28.5 Å². The Morgan fingerprint density at radius 2 is 1.85 bits per heavy atom. The normalized spacial score (nSPS) is 24.7. The van der Waals surface area contributed by atoms with Crippen molar-refractivity contribution >= 4 is 12.1 Å². The van der Waals surface area contributed by atoms with Gasteiger partial charge in [0.1, 0.15) is 5.92 Å². The highest BCUT2D eigenvalue weighted by Crippen LogP contribution is 2.36. The number of likely N-dealkylation sites (tertiary alicyclic amines) is 1. The average Bonchev–Trinajstić information content (AvgIpc) is 2.87. The molecule has 0 aromatic carbocycles. The molecule has 1 spiro atoms. The van der Waals surface area contributed by atoms with Crippen molar-refractivity contribution in [3.8, 4) is 0 Å². The molecule has 7 nitrogen and oxygen atoms in total. The standard InChI is InChI=1S/C13H21NO6/c1-3-17-11(15)10-5-6-14(12(16)18-4-2)9-13(10)19-7-8-20-13/h10H,3-9H2,1-2H3. The van der Waals surface area contributed by atoms with E-state index in [1.165, 1.54) is 4.90 Å². The van der Waals surface area contributed by atoms with Gasteiger partial charge in [-0.2, -0.15) is 0 Å². The maximum absolute atomic E-state index is 12.0. The number of nitrogens with zero attached hydrogens (tertiary/aromatic N) is 1. The van der Waals surface area contributed by atoms with Crippen molar-refractivity contribution in [3.05, 3.63) is 0 Å². The first-order chi connectivity index (χ1) is 9.63. The van der Waals surface area contributed by atoms with Crippen LogP contribution in [-0.4, -0.2) is 62.3 Å². The van der Waals surface area contributed by atoms with Crippen LogP contribution >= 0.6 is 0 Å². The van der Waals surface area contributed by atoms with Crippen LogP contribution in [0.25, 0.3) is 0 Å². The van der Waals surface area contributed by atoms with Gasteiger partial charge in [0.15, 0.2) is 5.79 Å². The van der Waals surface area contributed by atoms with E-state index in [9.17, 15) is 9.59 Å². The molecule has 0 radical (unpaired) electrons. The Labute approximate surface area is 118 Å². The zero-order chi connectivity index (χ0) is 14.6. The minimum absolute atomic E-state index is 0.190. The van der Waals surface area contributed by atoms with Crippen LogP contribution in [0.4, 0.5) is 4.79 Å². The Bertz CT molecular complexity index is 366. The fraction of sp³-hybridized carbons (Fsp3) is 0.846. The van der Waals surface area contributed by atoms with Crippen molar-refractivity contribution in [1.82, 2.24) is 4.90 Å². The van der Waals surface area contributed by atoms with Crippen molar-refractivity contribution in [3.63, 3.8) is 0 Å². The quantitative estimate of drug-likeness (QED) is 0.714. The summed E-state index contributed by atoms with van der Waals surface area (Å²) in [6.45, 7) is 5.57. The number of carbonyl (C=O) groups excluding carboxylic acids is 2. The molecule has 0 aromatic rings. The molecule has 0 N–H and O–H groups in total. The lowest BCUT2D eigenvalue weighted by Crippen LogP contribution is -2.58. The first kappa shape index (κ1) is 15.1. The molecular weight excluding hydrogens is 266 g/mol. The van der Waals surface area contributed by atoms with Gasteiger partial charge in [0.2, 0.25) is 0 Å². The Morgan fingerprint density at radius 3 is 2.45 bits per heavy atom. The SMILES string of the molecule is CCOC(=O)C1CCN(C(=O)OCC)CC12OCCO2. The molecular formula is C13H21NO6. The lowest BCUT2D eigenvalue weighted by Gasteiger charge is -2.42. The van der Waals surface area contributed by atoms with Crippen LogP contribution in [0, 0.1) is 5.92 Å². The molecule has 2 heterocycles. The Kier molecular flexibility index (Phi) is 4.82. The molecule has 0 saturated carbocycles. The van der Waals surface area contributed by atoms with E-state index in [0.29, 0.717) is 39.4 Å². The molecule has 2 saturated heterocycles. The van der Waals surface area contributed by atoms with E-state index in [4.69, 9.17) is 18.9 Å². The minimum Gasteiger partial charge on any atom is -0.466 e. The van der Waals surface area contributed by atoms with Gasteiger partial charge >= 0.3 is 12.1 Å². The second-order valence-corrected chi connectivity index (χ2v) is 4.72. The van der Waals surface area contributed by atoms with Gasteiger partial charge < -0.3 is 23.8 Å². The smallest absolute Gasteiger partial charge is 0.409 e. The summed E-state index contributed by atoms with van der Waals surface area (Å²) in [4.78, 5) is 25.4. The van der Waals surface area contributed by atoms with Crippen molar-refractivity contribution in [2.24, 2.45) is 5.92 Å². The zero-order valence-corrected chi connectivity index (χ0v) is 11.9. The van der Waals surface area contributed by atoms with Gasteiger partial charge in [-0.05, 0) is 20.3 Å². The lowest BCUT2D eigenvalue weighted by molar-refractivity contribution is -0.227. The van der Waals surface area contributed by atoms with Gasteiger partial charge in [-0.15, -0.1) is 0 Å². The molecule has 0 bridgehead atoms. The number of hydrogen-bond acceptors (Lipinski definition) is 6. The van der Waals surface area contributed by atoms with Crippen LogP contribution in [0.1, 0.15) is 20.3 Å². The van der Waals surface area contributed by atoms with E-state index in [1.54, 1.807) is 13.8 Å². The van der Waals surface area contributed by atoms with Crippen molar-refractivity contribution in [2.75, 3.05) is 39.5 Å². The Hall–Kier alpha value is -1.34. The minimum atomic E-state index is -1.09. The van der Waals surface area contributed by atoms with E-state index in [0.717, 1.165) is 0 Å². The summed E-state index contributed by atoms with van der Waals surface area (Å²) >= 11 is 0. The van der Waals surface area contributed by atoms with Gasteiger partial charge in [-0.25, -0.2) is 4.79 Å². The molecule has 0 aliphatic carbocycles. The maximum atomic E-state index is 12.0. The molecule has 2 aliphatic heterocycles. The molecule has 2 fully saturated rings. The van der Waals surface area contributed by atoms with Crippen LogP contribution in [0.3, 0.4) is 0 Å². The molecule has 1 amide bonds. The van der Waals surface area contributed by atoms with Crippen molar-refractivity contribution in [1.29, 1.82) is 0 Å². The third-order valence-corrected chi connectivity index (χ3v) is 3.50. The summed E-state index contributed by atoms with van der Waals surface area (Å²) < 4.78 is 21.4. The fourth-order valence-electron chi connectivity index (χ4n) is 2.63. The number of rotatable bonds is 3. The molecule has 2 aliphatic rings. The Balaban J connectivity index is 2.10. The van der Waals surface area contributed by atoms with Crippen LogP contribution in [-0.2, 0) is 23.7 Å². The number of amides is 1. The summed E-state index contributed by atoms with van der Waals surface area (Å²) in [7, 11) is 0.